The van der Waals surface area contributed by atoms with Crippen molar-refractivity contribution in [3.63, 3.8) is 0 Å². The molecule has 5 nitrogen and oxygen atoms in total. The second kappa shape index (κ2) is 6.22. The van der Waals surface area contributed by atoms with E-state index < -0.39 is 5.91 Å². The average Bonchev–Trinajstić information content (AvgIpc) is 2.97. The normalized spacial score (nSPS) is 10.4. The monoisotopic (exact) mass is 293 g/mol. The molecular formula is C17H15N3O2. The van der Waals surface area contributed by atoms with Gasteiger partial charge >= 0.3 is 11.8 Å². The summed E-state index contributed by atoms with van der Waals surface area (Å²) >= 11 is 0. The molecule has 0 aliphatic carbocycles. The van der Waals surface area contributed by atoms with Gasteiger partial charge in [0, 0.05) is 5.69 Å². The molecule has 0 spiro atoms. The van der Waals surface area contributed by atoms with Gasteiger partial charge in [0.25, 0.3) is 0 Å². The first-order chi connectivity index (χ1) is 10.7. The minimum atomic E-state index is -0.405. The fraction of sp³-hybridized carbons (Fsp3) is 0.118. The highest BCUT2D eigenvalue weighted by Gasteiger charge is 2.15. The molecule has 0 aliphatic rings. The largest absolute Gasteiger partial charge is 0.417 e. The number of carbonyl (C=O) groups excluding carboxylic acids is 1. The topological polar surface area (TPSA) is 68.0 Å². The number of nitrogens with zero attached hydrogens (tertiary/aromatic N) is 2. The zero-order chi connectivity index (χ0) is 15.4. The second-order valence-corrected chi connectivity index (χ2v) is 4.99. The van der Waals surface area contributed by atoms with Crippen molar-refractivity contribution in [1.29, 1.82) is 0 Å². The van der Waals surface area contributed by atoms with Crippen LogP contribution in [0.25, 0.3) is 0 Å². The van der Waals surface area contributed by atoms with E-state index in [2.05, 4.69) is 15.5 Å². The average molecular weight is 293 g/mol. The van der Waals surface area contributed by atoms with Crippen molar-refractivity contribution in [1.82, 2.24) is 10.2 Å². The second-order valence-electron chi connectivity index (χ2n) is 4.99. The third-order valence-corrected chi connectivity index (χ3v) is 3.14. The zero-order valence-corrected chi connectivity index (χ0v) is 12.1. The number of rotatable bonds is 4. The van der Waals surface area contributed by atoms with Crippen LogP contribution in [-0.4, -0.2) is 16.1 Å². The number of anilines is 1. The Hall–Kier alpha value is -2.95. The summed E-state index contributed by atoms with van der Waals surface area (Å²) in [6.07, 6.45) is 0.506. The fourth-order valence-corrected chi connectivity index (χ4v) is 2.09. The van der Waals surface area contributed by atoms with Gasteiger partial charge in [-0.3, -0.25) is 4.79 Å². The number of aromatic nitrogens is 2. The summed E-state index contributed by atoms with van der Waals surface area (Å²) in [5.41, 5.74) is 2.82. The molecular weight excluding hydrogens is 278 g/mol. The van der Waals surface area contributed by atoms with E-state index in [1.165, 1.54) is 0 Å². The van der Waals surface area contributed by atoms with E-state index in [0.717, 1.165) is 11.1 Å². The number of benzene rings is 2. The van der Waals surface area contributed by atoms with Crippen LogP contribution in [0.15, 0.2) is 59.0 Å². The van der Waals surface area contributed by atoms with Gasteiger partial charge in [0.1, 0.15) is 0 Å². The molecule has 3 aromatic rings. The van der Waals surface area contributed by atoms with Gasteiger partial charge in [-0.2, -0.15) is 0 Å². The van der Waals surface area contributed by atoms with Crippen molar-refractivity contribution < 1.29 is 9.21 Å². The van der Waals surface area contributed by atoms with E-state index in [0.29, 0.717) is 18.0 Å². The third-order valence-electron chi connectivity index (χ3n) is 3.14. The first-order valence-corrected chi connectivity index (χ1v) is 6.95. The Bertz CT molecular complexity index is 781. The van der Waals surface area contributed by atoms with Crippen LogP contribution >= 0.6 is 0 Å². The Morgan fingerprint density at radius 3 is 2.68 bits per heavy atom. The predicted octanol–water partition coefficient (Wildman–Crippen LogP) is 3.22. The van der Waals surface area contributed by atoms with E-state index in [1.807, 2.05) is 61.5 Å². The van der Waals surface area contributed by atoms with Crippen LogP contribution in [0.3, 0.4) is 0 Å². The molecule has 0 saturated carbocycles. The molecule has 1 heterocycles. The van der Waals surface area contributed by atoms with Crippen LogP contribution in [0.1, 0.15) is 27.7 Å². The predicted molar refractivity (Wildman–Crippen MR) is 82.7 cm³/mol. The summed E-state index contributed by atoms with van der Waals surface area (Å²) in [7, 11) is 0. The first kappa shape index (κ1) is 14.0. The highest BCUT2D eigenvalue weighted by molar-refractivity contribution is 6.00. The van der Waals surface area contributed by atoms with Crippen molar-refractivity contribution in [2.24, 2.45) is 0 Å². The highest BCUT2D eigenvalue weighted by Crippen LogP contribution is 2.12. The molecule has 1 aromatic heterocycles. The van der Waals surface area contributed by atoms with Crippen LogP contribution < -0.4 is 5.32 Å². The van der Waals surface area contributed by atoms with Crippen LogP contribution in [0.5, 0.6) is 0 Å². The molecule has 1 amide bonds. The van der Waals surface area contributed by atoms with Gasteiger partial charge < -0.3 is 9.73 Å². The third kappa shape index (κ3) is 3.38. The summed E-state index contributed by atoms with van der Waals surface area (Å²) < 4.78 is 5.42. The van der Waals surface area contributed by atoms with Gasteiger partial charge in [-0.1, -0.05) is 42.5 Å². The molecule has 3 rings (SSSR count). The zero-order valence-electron chi connectivity index (χ0n) is 12.1. The van der Waals surface area contributed by atoms with Gasteiger partial charge in [-0.25, -0.2) is 0 Å². The Balaban J connectivity index is 1.69. The van der Waals surface area contributed by atoms with Crippen LogP contribution in [-0.2, 0) is 6.42 Å². The lowest BCUT2D eigenvalue weighted by molar-refractivity contribution is 0.0988. The molecule has 0 fully saturated rings. The number of carbonyl (C=O) groups is 1. The molecule has 0 saturated heterocycles. The molecule has 0 aliphatic heterocycles. The lowest BCUT2D eigenvalue weighted by atomic mass is 10.2. The van der Waals surface area contributed by atoms with Gasteiger partial charge in [0.05, 0.1) is 6.42 Å². The van der Waals surface area contributed by atoms with Crippen LogP contribution in [0.4, 0.5) is 5.69 Å². The minimum Gasteiger partial charge on any atom is -0.417 e. The standard InChI is InChI=1S/C17H15N3O2/c1-12-6-5-9-14(10-12)18-16(21)17-20-19-15(22-17)11-13-7-3-2-4-8-13/h2-10H,11H2,1H3,(H,18,21). The van der Waals surface area contributed by atoms with E-state index in [4.69, 9.17) is 4.42 Å². The van der Waals surface area contributed by atoms with Crippen LogP contribution in [0, 0.1) is 6.92 Å². The Morgan fingerprint density at radius 2 is 1.91 bits per heavy atom. The molecule has 0 atom stereocenters. The summed E-state index contributed by atoms with van der Waals surface area (Å²) in [6, 6.07) is 17.3. The molecule has 110 valence electrons. The fourth-order valence-electron chi connectivity index (χ4n) is 2.09. The summed E-state index contributed by atoms with van der Waals surface area (Å²) in [5, 5.41) is 10.5. The molecule has 22 heavy (non-hydrogen) atoms. The van der Waals surface area contributed by atoms with E-state index in [-0.39, 0.29) is 5.89 Å². The SMILES string of the molecule is Cc1cccc(NC(=O)c2nnc(Cc3ccccc3)o2)c1. The van der Waals surface area contributed by atoms with Gasteiger partial charge in [0.15, 0.2) is 0 Å². The molecule has 5 heteroatoms. The molecule has 0 radical (unpaired) electrons. The van der Waals surface area contributed by atoms with Crippen molar-refractivity contribution in [3.05, 3.63) is 77.5 Å². The van der Waals surface area contributed by atoms with Gasteiger partial charge in [-0.05, 0) is 30.2 Å². The summed E-state index contributed by atoms with van der Waals surface area (Å²) in [6.45, 7) is 1.96. The maximum Gasteiger partial charge on any atom is 0.313 e. The Morgan fingerprint density at radius 1 is 1.09 bits per heavy atom. The van der Waals surface area contributed by atoms with E-state index in [1.54, 1.807) is 0 Å². The smallest absolute Gasteiger partial charge is 0.313 e. The van der Waals surface area contributed by atoms with Crippen molar-refractivity contribution in [2.75, 3.05) is 5.32 Å². The van der Waals surface area contributed by atoms with Gasteiger partial charge in [-0.15, -0.1) is 10.2 Å². The Kier molecular flexibility index (Phi) is 3.96. The number of nitrogens with one attached hydrogen (secondary N) is 1. The number of hydrogen-bond donors (Lipinski definition) is 1. The van der Waals surface area contributed by atoms with E-state index >= 15 is 0 Å². The van der Waals surface area contributed by atoms with Crippen molar-refractivity contribution >= 4 is 11.6 Å². The number of aryl methyl sites for hydroxylation is 1. The lowest BCUT2D eigenvalue weighted by Gasteiger charge is -2.02. The molecule has 1 N–H and O–H groups in total. The maximum atomic E-state index is 12.1. The van der Waals surface area contributed by atoms with Gasteiger partial charge in [0.2, 0.25) is 5.89 Å². The lowest BCUT2D eigenvalue weighted by Crippen LogP contribution is -2.12. The summed E-state index contributed by atoms with van der Waals surface area (Å²) in [4.78, 5) is 12.1. The van der Waals surface area contributed by atoms with Crippen LogP contribution in [0.2, 0.25) is 0 Å². The number of hydrogen-bond acceptors (Lipinski definition) is 4. The minimum absolute atomic E-state index is 0.0348. The highest BCUT2D eigenvalue weighted by atomic mass is 16.4. The van der Waals surface area contributed by atoms with Crippen molar-refractivity contribution in [2.45, 2.75) is 13.3 Å². The quantitative estimate of drug-likeness (QED) is 0.802. The van der Waals surface area contributed by atoms with Crippen molar-refractivity contribution in [3.8, 4) is 0 Å². The molecule has 0 bridgehead atoms. The summed E-state index contributed by atoms with van der Waals surface area (Å²) in [5.74, 6) is -0.0227. The molecule has 0 unspecified atom stereocenters. The number of amides is 1. The molecule has 2 aromatic carbocycles. The first-order valence-electron chi connectivity index (χ1n) is 6.95. The van der Waals surface area contributed by atoms with E-state index in [9.17, 15) is 4.79 Å². The maximum absolute atomic E-state index is 12.1. The Labute approximate surface area is 128 Å².